The van der Waals surface area contributed by atoms with Crippen molar-refractivity contribution < 1.29 is 9.50 Å². The summed E-state index contributed by atoms with van der Waals surface area (Å²) in [5, 5.41) is 20.9. The van der Waals surface area contributed by atoms with E-state index in [2.05, 4.69) is 36.7 Å². The number of nitrogens with zero attached hydrogens (tertiary/aromatic N) is 3. The largest absolute Gasteiger partial charge is 0.383 e. The van der Waals surface area contributed by atoms with Gasteiger partial charge in [0.2, 0.25) is 0 Å². The van der Waals surface area contributed by atoms with Crippen LogP contribution in [0.3, 0.4) is 0 Å². The third kappa shape index (κ3) is 6.51. The Kier molecular flexibility index (Phi) is 8.97. The highest BCUT2D eigenvalue weighted by Crippen LogP contribution is 2.19. The fraction of sp³-hybridized carbons (Fsp3) is 0.412. The predicted octanol–water partition coefficient (Wildman–Crippen LogP) is 2.90. The van der Waals surface area contributed by atoms with Crippen molar-refractivity contribution in [3.8, 4) is 0 Å². The van der Waals surface area contributed by atoms with Gasteiger partial charge < -0.3 is 15.7 Å². The Hall–Kier alpha value is -1.20. The first kappa shape index (κ1) is 22.8. The highest BCUT2D eigenvalue weighted by atomic mass is 127. The summed E-state index contributed by atoms with van der Waals surface area (Å²) in [5.74, 6) is 0.244. The van der Waals surface area contributed by atoms with E-state index in [9.17, 15) is 9.50 Å². The smallest absolute Gasteiger partial charge is 0.191 e. The minimum absolute atomic E-state index is 0. The molecule has 0 aliphatic rings. The molecule has 9 heteroatoms. The number of guanidine groups is 1. The topological polar surface area (TPSA) is 74.5 Å². The first-order chi connectivity index (χ1) is 11.8. The Balaban J connectivity index is 0.00000338. The molecule has 1 aromatic heterocycles. The number of benzene rings is 1. The molecule has 1 unspecified atom stereocenters. The van der Waals surface area contributed by atoms with Crippen LogP contribution >= 0.6 is 39.9 Å². The van der Waals surface area contributed by atoms with Gasteiger partial charge in [-0.2, -0.15) is 5.10 Å². The molecule has 0 saturated carbocycles. The second kappa shape index (κ2) is 10.2. The lowest BCUT2D eigenvalue weighted by atomic mass is 10.00. The van der Waals surface area contributed by atoms with Gasteiger partial charge in [-0.1, -0.05) is 15.9 Å². The zero-order valence-corrected chi connectivity index (χ0v) is 18.9. The average molecular weight is 540 g/mol. The Bertz CT molecular complexity index is 751. The molecule has 0 amide bonds. The number of aryl methyl sites for hydroxylation is 1. The minimum Gasteiger partial charge on any atom is -0.383 e. The van der Waals surface area contributed by atoms with Gasteiger partial charge in [0.25, 0.3) is 0 Å². The van der Waals surface area contributed by atoms with Crippen LogP contribution in [0.2, 0.25) is 0 Å². The molecular weight excluding hydrogens is 516 g/mol. The van der Waals surface area contributed by atoms with Crippen molar-refractivity contribution in [2.45, 2.75) is 26.0 Å². The number of aliphatic imine (C=N–C) groups is 1. The molecule has 0 spiro atoms. The van der Waals surface area contributed by atoms with Crippen molar-refractivity contribution >= 4 is 45.9 Å². The fourth-order valence-electron chi connectivity index (χ4n) is 2.23. The summed E-state index contributed by atoms with van der Waals surface area (Å²) in [6.45, 7) is 4.90. The molecule has 2 rings (SSSR count). The summed E-state index contributed by atoms with van der Waals surface area (Å²) in [7, 11) is 1.80. The van der Waals surface area contributed by atoms with Crippen molar-refractivity contribution in [3.05, 3.63) is 52.0 Å². The standard InChI is InChI=1S/C17H23BrFN5O.HI/c1-4-20-16(21-8-12-7-14(19)5-6-15(12)18)22-11-17(2,25)13-9-23-24(3)10-13;/h5-7,9-10,25H,4,8,11H2,1-3H3,(H2,20,21,22);1H. The van der Waals surface area contributed by atoms with Gasteiger partial charge in [-0.3, -0.25) is 4.68 Å². The van der Waals surface area contributed by atoms with E-state index < -0.39 is 5.60 Å². The molecule has 1 atom stereocenters. The van der Waals surface area contributed by atoms with Crippen molar-refractivity contribution in [2.24, 2.45) is 12.0 Å². The second-order valence-electron chi connectivity index (χ2n) is 5.96. The quantitative estimate of drug-likeness (QED) is 0.300. The van der Waals surface area contributed by atoms with Crippen LogP contribution in [0.5, 0.6) is 0 Å². The molecule has 26 heavy (non-hydrogen) atoms. The summed E-state index contributed by atoms with van der Waals surface area (Å²) in [6, 6.07) is 4.50. The van der Waals surface area contributed by atoms with E-state index in [0.29, 0.717) is 24.6 Å². The molecule has 0 bridgehead atoms. The van der Waals surface area contributed by atoms with E-state index in [1.807, 2.05) is 6.92 Å². The molecule has 2 aromatic rings. The van der Waals surface area contributed by atoms with Gasteiger partial charge in [-0.25, -0.2) is 9.38 Å². The molecule has 0 aliphatic carbocycles. The maximum atomic E-state index is 13.4. The minimum atomic E-state index is -1.09. The van der Waals surface area contributed by atoms with E-state index in [1.165, 1.54) is 12.1 Å². The fourth-order valence-corrected chi connectivity index (χ4v) is 2.60. The number of hydrogen-bond donors (Lipinski definition) is 3. The molecule has 0 saturated heterocycles. The molecule has 3 N–H and O–H groups in total. The van der Waals surface area contributed by atoms with Crippen molar-refractivity contribution in [1.29, 1.82) is 0 Å². The summed E-state index contributed by atoms with van der Waals surface area (Å²) in [5.41, 5.74) is 0.367. The first-order valence-electron chi connectivity index (χ1n) is 7.99. The first-order valence-corrected chi connectivity index (χ1v) is 8.78. The Labute approximate surface area is 178 Å². The number of rotatable bonds is 6. The number of aliphatic hydroxyl groups is 1. The molecule has 0 aliphatic heterocycles. The molecule has 144 valence electrons. The lowest BCUT2D eigenvalue weighted by Crippen LogP contribution is -2.44. The van der Waals surface area contributed by atoms with Crippen LogP contribution in [0, 0.1) is 5.82 Å². The zero-order chi connectivity index (χ0) is 18.4. The summed E-state index contributed by atoms with van der Waals surface area (Å²) in [6.07, 6.45) is 3.41. The molecule has 1 heterocycles. The van der Waals surface area contributed by atoms with E-state index >= 15 is 0 Å². The normalized spacial score (nSPS) is 13.7. The average Bonchev–Trinajstić information content (AvgIpc) is 3.00. The molecular formula is C17H24BrFIN5O. The Morgan fingerprint density at radius 1 is 1.42 bits per heavy atom. The number of nitrogens with one attached hydrogen (secondary N) is 2. The number of hydrogen-bond acceptors (Lipinski definition) is 3. The third-order valence-electron chi connectivity index (χ3n) is 3.69. The highest BCUT2D eigenvalue weighted by Gasteiger charge is 2.25. The monoisotopic (exact) mass is 539 g/mol. The van der Waals surface area contributed by atoms with E-state index in [0.717, 1.165) is 10.0 Å². The van der Waals surface area contributed by atoms with Crippen molar-refractivity contribution in [3.63, 3.8) is 0 Å². The van der Waals surface area contributed by atoms with Crippen LogP contribution in [0.25, 0.3) is 0 Å². The maximum absolute atomic E-state index is 13.4. The molecule has 6 nitrogen and oxygen atoms in total. The zero-order valence-electron chi connectivity index (χ0n) is 15.0. The number of aromatic nitrogens is 2. The van der Waals surface area contributed by atoms with Gasteiger partial charge in [-0.05, 0) is 37.6 Å². The van der Waals surface area contributed by atoms with Crippen LogP contribution in [-0.4, -0.2) is 33.9 Å². The maximum Gasteiger partial charge on any atom is 0.191 e. The SMILES string of the molecule is CCNC(=NCc1cc(F)ccc1Br)NCC(C)(O)c1cnn(C)c1.I. The summed E-state index contributed by atoms with van der Waals surface area (Å²) in [4.78, 5) is 4.45. The van der Waals surface area contributed by atoms with Gasteiger partial charge in [0.1, 0.15) is 11.4 Å². The van der Waals surface area contributed by atoms with E-state index in [-0.39, 0.29) is 36.3 Å². The second-order valence-corrected chi connectivity index (χ2v) is 6.82. The van der Waals surface area contributed by atoms with Gasteiger partial charge in [0.15, 0.2) is 5.96 Å². The molecule has 0 fully saturated rings. The Morgan fingerprint density at radius 2 is 2.15 bits per heavy atom. The van der Waals surface area contributed by atoms with Gasteiger partial charge in [0, 0.05) is 29.8 Å². The van der Waals surface area contributed by atoms with Gasteiger partial charge in [-0.15, -0.1) is 24.0 Å². The van der Waals surface area contributed by atoms with Crippen LogP contribution in [0.4, 0.5) is 4.39 Å². The number of halogens is 3. The van der Waals surface area contributed by atoms with E-state index in [1.54, 1.807) is 37.1 Å². The van der Waals surface area contributed by atoms with Crippen molar-refractivity contribution in [2.75, 3.05) is 13.1 Å². The van der Waals surface area contributed by atoms with Gasteiger partial charge in [0.05, 0.1) is 19.3 Å². The van der Waals surface area contributed by atoms with Crippen LogP contribution < -0.4 is 10.6 Å². The molecule has 0 radical (unpaired) electrons. The molecule has 1 aromatic carbocycles. The highest BCUT2D eigenvalue weighted by molar-refractivity contribution is 14.0. The van der Waals surface area contributed by atoms with Gasteiger partial charge >= 0.3 is 0 Å². The lowest BCUT2D eigenvalue weighted by Gasteiger charge is -2.23. The third-order valence-corrected chi connectivity index (χ3v) is 4.46. The van der Waals surface area contributed by atoms with Crippen LogP contribution in [0.1, 0.15) is 25.0 Å². The Morgan fingerprint density at radius 3 is 2.77 bits per heavy atom. The van der Waals surface area contributed by atoms with E-state index in [4.69, 9.17) is 0 Å². The predicted molar refractivity (Wildman–Crippen MR) is 115 cm³/mol. The van der Waals surface area contributed by atoms with Crippen LogP contribution in [0.15, 0.2) is 40.1 Å². The summed E-state index contributed by atoms with van der Waals surface area (Å²) < 4.78 is 15.8. The van der Waals surface area contributed by atoms with Crippen LogP contribution in [-0.2, 0) is 19.2 Å². The summed E-state index contributed by atoms with van der Waals surface area (Å²) >= 11 is 3.40. The van der Waals surface area contributed by atoms with Crippen molar-refractivity contribution in [1.82, 2.24) is 20.4 Å². The lowest BCUT2D eigenvalue weighted by molar-refractivity contribution is 0.0616.